The highest BCUT2D eigenvalue weighted by atomic mass is 35.5. The number of hydrogen-bond acceptors (Lipinski definition) is 6. The summed E-state index contributed by atoms with van der Waals surface area (Å²) in [6, 6.07) is 1.59. The number of carbonyl (C=O) groups is 2. The number of imidazole rings is 1. The number of amides is 2. The Labute approximate surface area is 151 Å². The summed E-state index contributed by atoms with van der Waals surface area (Å²) in [5.74, 6) is 0.178. The topological polar surface area (TPSA) is 92.7 Å². The number of halogens is 1. The lowest BCUT2D eigenvalue weighted by atomic mass is 10.3. The van der Waals surface area contributed by atoms with Crippen molar-refractivity contribution in [1.82, 2.24) is 19.4 Å². The second-order valence-electron chi connectivity index (χ2n) is 5.24. The first kappa shape index (κ1) is 17.2. The Bertz CT molecular complexity index is 958. The number of hydrogen-bond donors (Lipinski definition) is 1. The molecule has 130 valence electrons. The summed E-state index contributed by atoms with van der Waals surface area (Å²) < 4.78 is 6.65. The number of fused-ring (bicyclic) bond motifs is 1. The highest BCUT2D eigenvalue weighted by molar-refractivity contribution is 7.15. The zero-order chi connectivity index (χ0) is 18.0. The first-order chi connectivity index (χ1) is 11.9. The van der Waals surface area contributed by atoms with E-state index in [1.54, 1.807) is 23.5 Å². The molecule has 25 heavy (non-hydrogen) atoms. The van der Waals surface area contributed by atoms with Gasteiger partial charge in [-0.2, -0.15) is 0 Å². The molecule has 3 aromatic heterocycles. The molecule has 0 aliphatic heterocycles. The van der Waals surface area contributed by atoms with E-state index in [-0.39, 0.29) is 18.4 Å². The highest BCUT2D eigenvalue weighted by Gasteiger charge is 2.13. The molecule has 0 bridgehead atoms. The molecule has 0 aliphatic carbocycles. The maximum atomic E-state index is 12.2. The molecular weight excluding hydrogens is 366 g/mol. The van der Waals surface area contributed by atoms with Crippen molar-refractivity contribution in [2.75, 3.05) is 18.9 Å². The van der Waals surface area contributed by atoms with Gasteiger partial charge in [-0.25, -0.2) is 4.98 Å². The minimum Gasteiger partial charge on any atom is -0.360 e. The number of rotatable bonds is 5. The van der Waals surface area contributed by atoms with Crippen LogP contribution in [0.2, 0.25) is 5.15 Å². The van der Waals surface area contributed by atoms with Crippen molar-refractivity contribution in [3.05, 3.63) is 40.3 Å². The van der Waals surface area contributed by atoms with E-state index < -0.39 is 0 Å². The van der Waals surface area contributed by atoms with Gasteiger partial charge in [-0.3, -0.25) is 14.0 Å². The van der Waals surface area contributed by atoms with Crippen LogP contribution in [0.3, 0.4) is 0 Å². The Morgan fingerprint density at radius 2 is 2.32 bits per heavy atom. The van der Waals surface area contributed by atoms with Gasteiger partial charge in [0, 0.05) is 30.8 Å². The second-order valence-corrected chi connectivity index (χ2v) is 6.47. The number of aryl methyl sites for hydroxylation is 1. The summed E-state index contributed by atoms with van der Waals surface area (Å²) >= 11 is 7.51. The maximum absolute atomic E-state index is 12.2. The molecule has 10 heteroatoms. The van der Waals surface area contributed by atoms with Gasteiger partial charge in [-0.1, -0.05) is 16.8 Å². The zero-order valence-corrected chi connectivity index (χ0v) is 15.0. The number of likely N-dealkylation sites (N-methyl/N-ethyl adjacent to an activating group) is 1. The van der Waals surface area contributed by atoms with Crippen LogP contribution >= 0.6 is 22.9 Å². The predicted octanol–water partition coefficient (Wildman–Crippen LogP) is 2.46. The van der Waals surface area contributed by atoms with Crippen molar-refractivity contribution in [3.8, 4) is 0 Å². The van der Waals surface area contributed by atoms with E-state index in [4.69, 9.17) is 16.1 Å². The quantitative estimate of drug-likeness (QED) is 0.687. The average Bonchev–Trinajstić information content (AvgIpc) is 3.22. The Morgan fingerprint density at radius 1 is 1.52 bits per heavy atom. The van der Waals surface area contributed by atoms with Gasteiger partial charge >= 0.3 is 0 Å². The van der Waals surface area contributed by atoms with E-state index >= 15 is 0 Å². The third kappa shape index (κ3) is 3.89. The average molecular weight is 380 g/mol. The number of anilines is 1. The fraction of sp³-hybridized carbons (Fsp3) is 0.200. The van der Waals surface area contributed by atoms with Crippen molar-refractivity contribution in [2.24, 2.45) is 0 Å². The van der Waals surface area contributed by atoms with Crippen LogP contribution in [-0.2, 0) is 9.59 Å². The number of aromatic nitrogens is 3. The lowest BCUT2D eigenvalue weighted by molar-refractivity contribution is -0.129. The lowest BCUT2D eigenvalue weighted by Gasteiger charge is -2.13. The van der Waals surface area contributed by atoms with Crippen molar-refractivity contribution >= 4 is 51.6 Å². The van der Waals surface area contributed by atoms with Crippen LogP contribution in [0.5, 0.6) is 0 Å². The molecule has 0 fully saturated rings. The molecule has 3 heterocycles. The molecular formula is C15H14ClN5O3S. The van der Waals surface area contributed by atoms with Gasteiger partial charge in [0.1, 0.15) is 5.76 Å². The van der Waals surface area contributed by atoms with Gasteiger partial charge in [0.05, 0.1) is 12.2 Å². The first-order valence-electron chi connectivity index (χ1n) is 7.21. The van der Waals surface area contributed by atoms with Crippen molar-refractivity contribution < 1.29 is 14.1 Å². The Kier molecular flexibility index (Phi) is 4.86. The van der Waals surface area contributed by atoms with Gasteiger partial charge in [0.15, 0.2) is 15.9 Å². The van der Waals surface area contributed by atoms with E-state index in [0.29, 0.717) is 22.4 Å². The number of carbonyl (C=O) groups excluding carboxylic acids is 2. The Morgan fingerprint density at radius 3 is 3.04 bits per heavy atom. The molecule has 3 aromatic rings. The lowest BCUT2D eigenvalue weighted by Crippen LogP contribution is -2.33. The molecule has 0 unspecified atom stereocenters. The third-order valence-corrected chi connectivity index (χ3v) is 4.33. The number of thiazole rings is 1. The van der Waals surface area contributed by atoms with E-state index in [9.17, 15) is 9.59 Å². The van der Waals surface area contributed by atoms with E-state index in [1.807, 2.05) is 11.6 Å². The summed E-state index contributed by atoms with van der Waals surface area (Å²) in [6.45, 7) is 1.60. The summed E-state index contributed by atoms with van der Waals surface area (Å²) in [5, 5.41) is 8.41. The van der Waals surface area contributed by atoms with Gasteiger partial charge < -0.3 is 14.7 Å². The fourth-order valence-electron chi connectivity index (χ4n) is 2.10. The van der Waals surface area contributed by atoms with E-state index in [0.717, 1.165) is 4.96 Å². The second kappa shape index (κ2) is 7.08. The maximum Gasteiger partial charge on any atom is 0.246 e. The summed E-state index contributed by atoms with van der Waals surface area (Å²) in [7, 11) is 1.53. The van der Waals surface area contributed by atoms with Gasteiger partial charge in [-0.05, 0) is 13.0 Å². The van der Waals surface area contributed by atoms with Crippen LogP contribution in [0.1, 0.15) is 11.5 Å². The SMILES string of the molecule is Cc1cc(NC(=O)CN(C)C(=O)/C=C/c2c(Cl)nc3sccn23)no1. The molecule has 0 saturated heterocycles. The molecule has 0 spiro atoms. The van der Waals surface area contributed by atoms with Crippen molar-refractivity contribution in [2.45, 2.75) is 6.92 Å². The molecule has 0 aromatic carbocycles. The van der Waals surface area contributed by atoms with Crippen LogP contribution in [0.4, 0.5) is 5.82 Å². The van der Waals surface area contributed by atoms with E-state index in [1.165, 1.54) is 29.4 Å². The summed E-state index contributed by atoms with van der Waals surface area (Å²) in [6.07, 6.45) is 4.74. The van der Waals surface area contributed by atoms with Crippen LogP contribution in [0, 0.1) is 6.92 Å². The summed E-state index contributed by atoms with van der Waals surface area (Å²) in [4.78, 5) is 30.3. The molecule has 3 rings (SSSR count). The van der Waals surface area contributed by atoms with Gasteiger partial charge in [0.2, 0.25) is 11.8 Å². The number of nitrogens with one attached hydrogen (secondary N) is 1. The monoisotopic (exact) mass is 379 g/mol. The molecule has 8 nitrogen and oxygen atoms in total. The smallest absolute Gasteiger partial charge is 0.246 e. The molecule has 0 radical (unpaired) electrons. The largest absolute Gasteiger partial charge is 0.360 e. The standard InChI is InChI=1S/C15H14ClN5O3S/c1-9-7-11(19-24-9)17-12(22)8-20(2)13(23)4-3-10-14(16)18-15-21(10)5-6-25-15/h3-7H,8H2,1-2H3,(H,17,19,22)/b4-3+. The van der Waals surface area contributed by atoms with Crippen LogP contribution in [0.15, 0.2) is 28.2 Å². The Hall–Kier alpha value is -2.65. The molecule has 0 aliphatic rings. The Balaban J connectivity index is 1.61. The number of nitrogens with zero attached hydrogens (tertiary/aromatic N) is 4. The van der Waals surface area contributed by atoms with Crippen LogP contribution in [-0.4, -0.2) is 44.8 Å². The normalized spacial score (nSPS) is 11.3. The molecule has 1 N–H and O–H groups in total. The van der Waals surface area contributed by atoms with E-state index in [2.05, 4.69) is 15.5 Å². The first-order valence-corrected chi connectivity index (χ1v) is 8.47. The zero-order valence-electron chi connectivity index (χ0n) is 13.4. The predicted molar refractivity (Wildman–Crippen MR) is 94.6 cm³/mol. The fourth-order valence-corrected chi connectivity index (χ4v) is 3.11. The van der Waals surface area contributed by atoms with Gasteiger partial charge in [-0.15, -0.1) is 11.3 Å². The molecule has 0 atom stereocenters. The van der Waals surface area contributed by atoms with Gasteiger partial charge in [0.25, 0.3) is 0 Å². The minimum atomic E-state index is -0.375. The van der Waals surface area contributed by atoms with Crippen molar-refractivity contribution in [3.63, 3.8) is 0 Å². The molecule has 2 amide bonds. The summed E-state index contributed by atoms with van der Waals surface area (Å²) in [5.41, 5.74) is 0.613. The van der Waals surface area contributed by atoms with Crippen molar-refractivity contribution in [1.29, 1.82) is 0 Å². The van der Waals surface area contributed by atoms with Crippen LogP contribution < -0.4 is 5.32 Å². The molecule has 0 saturated carbocycles. The van der Waals surface area contributed by atoms with Crippen LogP contribution in [0.25, 0.3) is 11.0 Å². The highest BCUT2D eigenvalue weighted by Crippen LogP contribution is 2.22. The third-order valence-electron chi connectivity index (χ3n) is 3.29. The minimum absolute atomic E-state index is 0.122.